The van der Waals surface area contributed by atoms with Gasteiger partial charge < -0.3 is 10.3 Å². The Hall–Kier alpha value is -4.55. The third kappa shape index (κ3) is 7.01. The van der Waals surface area contributed by atoms with E-state index in [4.69, 9.17) is 5.14 Å². The maximum atomic E-state index is 14.3. The van der Waals surface area contributed by atoms with Crippen molar-refractivity contribution in [3.63, 3.8) is 0 Å². The van der Waals surface area contributed by atoms with Crippen molar-refractivity contribution in [3.8, 4) is 0 Å². The van der Waals surface area contributed by atoms with Crippen LogP contribution in [-0.2, 0) is 27.7 Å². The van der Waals surface area contributed by atoms with Gasteiger partial charge in [0, 0.05) is 35.0 Å². The van der Waals surface area contributed by atoms with E-state index in [1.165, 1.54) is 30.5 Å². The molecule has 218 valence electrons. The zero-order valence-corrected chi connectivity index (χ0v) is 23.1. The average Bonchev–Trinajstić information content (AvgIpc) is 3.29. The summed E-state index contributed by atoms with van der Waals surface area (Å²) in [7, 11) is -4.44. The van der Waals surface area contributed by atoms with Gasteiger partial charge in [-0.15, -0.1) is 0 Å². The number of nitrogens with one attached hydrogen (secondary N) is 2. The number of nitrogens with zero attached hydrogens (tertiary/aromatic N) is 1. The molecule has 0 aliphatic heterocycles. The number of H-pyrrole nitrogens is 1. The number of primary sulfonamides is 1. The Morgan fingerprint density at radius 1 is 1.05 bits per heavy atom. The first-order chi connectivity index (χ1) is 19.9. The summed E-state index contributed by atoms with van der Waals surface area (Å²) in [6.45, 7) is 5.36. The summed E-state index contributed by atoms with van der Waals surface area (Å²) in [4.78, 5) is 19.9. The van der Waals surface area contributed by atoms with E-state index in [2.05, 4.69) is 21.9 Å². The van der Waals surface area contributed by atoms with Crippen molar-refractivity contribution < 1.29 is 30.8 Å². The summed E-state index contributed by atoms with van der Waals surface area (Å²) in [6, 6.07) is 9.19. The van der Waals surface area contributed by atoms with Crippen LogP contribution in [0.15, 0.2) is 89.0 Å². The topological polar surface area (TPSA) is 117 Å². The standard InChI is InChI=1S/C30H26F4N4O3S/c1-3-23(18-5-7-25(34)28(12-18)42(35,40)41)30(36-4-2)27(11-17-9-21(32)14-22(33)10-17)38-29(39)13-19-16-37-26-8-6-20(31)15-24(19)26/h3-10,12,14-16,27,37H,1,11,13H2,2H3,(H,38,39)(H2,35,40,41)/b30-23+,36-4?/t27-/m0/s1. The van der Waals surface area contributed by atoms with E-state index in [1.807, 2.05) is 0 Å². The van der Waals surface area contributed by atoms with E-state index in [0.717, 1.165) is 24.3 Å². The van der Waals surface area contributed by atoms with Crippen molar-refractivity contribution in [1.82, 2.24) is 10.3 Å². The van der Waals surface area contributed by atoms with Gasteiger partial charge in [-0.25, -0.2) is 31.1 Å². The number of fused-ring (bicyclic) bond motifs is 1. The summed E-state index contributed by atoms with van der Waals surface area (Å²) in [5.74, 6) is -3.74. The summed E-state index contributed by atoms with van der Waals surface area (Å²) >= 11 is 0. The zero-order chi connectivity index (χ0) is 30.6. The monoisotopic (exact) mass is 598 g/mol. The molecule has 42 heavy (non-hydrogen) atoms. The molecule has 0 saturated carbocycles. The number of sulfonamides is 1. The van der Waals surface area contributed by atoms with E-state index in [-0.39, 0.29) is 35.2 Å². The lowest BCUT2D eigenvalue weighted by molar-refractivity contribution is -0.120. The van der Waals surface area contributed by atoms with Crippen molar-refractivity contribution >= 4 is 38.6 Å². The molecule has 0 aliphatic rings. The first-order valence-corrected chi connectivity index (χ1v) is 14.1. The van der Waals surface area contributed by atoms with E-state index >= 15 is 0 Å². The number of aromatic nitrogens is 1. The number of hydrogen-bond acceptors (Lipinski definition) is 4. The molecule has 0 saturated heterocycles. The van der Waals surface area contributed by atoms with Crippen LogP contribution in [0.1, 0.15) is 23.6 Å². The van der Waals surface area contributed by atoms with Crippen molar-refractivity contribution in [3.05, 3.63) is 119 Å². The second-order valence-corrected chi connectivity index (χ2v) is 10.9. The van der Waals surface area contributed by atoms with Crippen molar-refractivity contribution in [2.24, 2.45) is 10.1 Å². The molecule has 0 radical (unpaired) electrons. The predicted molar refractivity (Wildman–Crippen MR) is 153 cm³/mol. The number of aromatic amines is 1. The molecular weight excluding hydrogens is 572 g/mol. The quantitative estimate of drug-likeness (QED) is 0.130. The second kappa shape index (κ2) is 12.5. The highest BCUT2D eigenvalue weighted by Gasteiger charge is 2.24. The van der Waals surface area contributed by atoms with Gasteiger partial charge in [0.1, 0.15) is 28.2 Å². The lowest BCUT2D eigenvalue weighted by atomic mass is 9.95. The molecule has 1 atom stereocenters. The molecule has 12 heteroatoms. The minimum atomic E-state index is -4.44. The lowest BCUT2D eigenvalue weighted by Crippen LogP contribution is -2.39. The third-order valence-corrected chi connectivity index (χ3v) is 7.33. The molecule has 7 nitrogen and oxygen atoms in total. The van der Waals surface area contributed by atoms with Crippen LogP contribution in [0.5, 0.6) is 0 Å². The van der Waals surface area contributed by atoms with Crippen LogP contribution < -0.4 is 10.5 Å². The van der Waals surface area contributed by atoms with E-state index in [9.17, 15) is 30.8 Å². The Labute approximate surface area is 239 Å². The molecule has 0 aliphatic carbocycles. The van der Waals surface area contributed by atoms with Gasteiger partial charge in [-0.2, -0.15) is 0 Å². The molecule has 0 fully saturated rings. The molecular formula is C30H26F4N4O3S. The molecule has 0 bridgehead atoms. The highest BCUT2D eigenvalue weighted by atomic mass is 32.2. The molecule has 4 rings (SSSR count). The van der Waals surface area contributed by atoms with Gasteiger partial charge in [0.05, 0.1) is 18.2 Å². The maximum absolute atomic E-state index is 14.3. The average molecular weight is 599 g/mol. The lowest BCUT2D eigenvalue weighted by Gasteiger charge is -2.23. The summed E-state index contributed by atoms with van der Waals surface area (Å²) in [6.07, 6.45) is 3.98. The normalized spacial score (nSPS) is 13.3. The van der Waals surface area contributed by atoms with Crippen LogP contribution in [0.4, 0.5) is 17.6 Å². The van der Waals surface area contributed by atoms with Crippen LogP contribution in [0, 0.1) is 23.3 Å². The Morgan fingerprint density at radius 3 is 2.40 bits per heavy atom. The van der Waals surface area contributed by atoms with Gasteiger partial charge in [-0.1, -0.05) is 18.7 Å². The van der Waals surface area contributed by atoms with E-state index < -0.39 is 50.1 Å². The van der Waals surface area contributed by atoms with E-state index in [0.29, 0.717) is 22.5 Å². The van der Waals surface area contributed by atoms with E-state index in [1.54, 1.807) is 19.2 Å². The molecule has 0 unspecified atom stereocenters. The van der Waals surface area contributed by atoms with Crippen molar-refractivity contribution in [2.75, 3.05) is 0 Å². The summed E-state index contributed by atoms with van der Waals surface area (Å²) in [5.41, 5.74) is 1.81. The zero-order valence-electron chi connectivity index (χ0n) is 22.3. The number of rotatable bonds is 10. The molecule has 1 aromatic heterocycles. The Morgan fingerprint density at radius 2 is 1.76 bits per heavy atom. The van der Waals surface area contributed by atoms with Gasteiger partial charge in [0.15, 0.2) is 0 Å². The number of carbonyl (C=O) groups is 1. The number of halogens is 4. The number of nitrogens with two attached hydrogens (primary N) is 1. The number of carbonyl (C=O) groups excluding carboxylic acids is 1. The SMILES string of the molecule is C=C/C(=C(\N=CC)[C@H](Cc1cc(F)cc(F)c1)NC(=O)Cc1c[nH]c2ccc(F)cc12)c1ccc(F)c(S(N)(=O)=O)c1. The number of allylic oxidation sites excluding steroid dienone is 2. The second-order valence-electron chi connectivity index (χ2n) is 9.36. The number of aliphatic imine (C=N–C) groups is 1. The summed E-state index contributed by atoms with van der Waals surface area (Å²) in [5, 5.41) is 8.50. The first-order valence-electron chi connectivity index (χ1n) is 12.6. The molecule has 4 N–H and O–H groups in total. The maximum Gasteiger partial charge on any atom is 0.240 e. The predicted octanol–water partition coefficient (Wildman–Crippen LogP) is 5.33. The van der Waals surface area contributed by atoms with Gasteiger partial charge in [0.2, 0.25) is 15.9 Å². The summed E-state index contributed by atoms with van der Waals surface area (Å²) < 4.78 is 80.3. The molecule has 1 heterocycles. The van der Waals surface area contributed by atoms with Gasteiger partial charge >= 0.3 is 0 Å². The van der Waals surface area contributed by atoms with Crippen LogP contribution in [0.25, 0.3) is 16.5 Å². The Kier molecular flexibility index (Phi) is 9.08. The fourth-order valence-electron chi connectivity index (χ4n) is 4.64. The number of hydrogen-bond donors (Lipinski definition) is 3. The fourth-order valence-corrected chi connectivity index (χ4v) is 5.27. The number of benzene rings is 3. The first kappa shape index (κ1) is 30.4. The van der Waals surface area contributed by atoms with Crippen LogP contribution in [0.2, 0.25) is 0 Å². The number of amides is 1. The van der Waals surface area contributed by atoms with Gasteiger partial charge in [-0.3, -0.25) is 9.79 Å². The van der Waals surface area contributed by atoms with Crippen molar-refractivity contribution in [1.29, 1.82) is 0 Å². The largest absolute Gasteiger partial charge is 0.361 e. The third-order valence-electron chi connectivity index (χ3n) is 6.40. The Balaban J connectivity index is 1.81. The molecule has 1 amide bonds. The van der Waals surface area contributed by atoms with Gasteiger partial charge in [0.25, 0.3) is 0 Å². The minimum Gasteiger partial charge on any atom is -0.361 e. The minimum absolute atomic E-state index is 0.141. The molecule has 4 aromatic rings. The smallest absolute Gasteiger partial charge is 0.240 e. The van der Waals surface area contributed by atoms with Crippen LogP contribution in [0.3, 0.4) is 0 Å². The highest BCUT2D eigenvalue weighted by molar-refractivity contribution is 7.89. The molecule has 3 aromatic carbocycles. The van der Waals surface area contributed by atoms with Crippen LogP contribution in [-0.4, -0.2) is 31.6 Å². The van der Waals surface area contributed by atoms with Crippen molar-refractivity contribution in [2.45, 2.75) is 30.7 Å². The van der Waals surface area contributed by atoms with Crippen LogP contribution >= 0.6 is 0 Å². The molecule has 0 spiro atoms. The Bertz CT molecular complexity index is 1830. The fraction of sp³-hybridized carbons (Fsp3) is 0.133. The highest BCUT2D eigenvalue weighted by Crippen LogP contribution is 2.28. The van der Waals surface area contributed by atoms with Gasteiger partial charge in [-0.05, 0) is 72.5 Å².